The predicted octanol–water partition coefficient (Wildman–Crippen LogP) is 5.57. The minimum atomic E-state index is -0.125. The van der Waals surface area contributed by atoms with E-state index in [1.54, 1.807) is 13.3 Å². The average molecular weight is 617 g/mol. The Kier molecular flexibility index (Phi) is 7.59. The fraction of sp³-hybridized carbons (Fsp3) is 0.115. The number of carbonyl (C=O) groups is 1. The van der Waals surface area contributed by atoms with Crippen LogP contribution in [0, 0.1) is 6.07 Å². The number of nitrogens with zero attached hydrogens (tertiary/aromatic N) is 3. The van der Waals surface area contributed by atoms with E-state index in [1.165, 1.54) is 19.9 Å². The third-order valence-electron chi connectivity index (χ3n) is 4.93. The number of carbonyl (C=O) groups excluding carboxylic acids is 1. The van der Waals surface area contributed by atoms with E-state index in [2.05, 4.69) is 33.8 Å². The summed E-state index contributed by atoms with van der Waals surface area (Å²) in [6, 6.07) is 21.5. The molecule has 0 unspecified atom stereocenters. The first-order valence-corrected chi connectivity index (χ1v) is 10.1. The van der Waals surface area contributed by atoms with Crippen LogP contribution in [-0.2, 0) is 24.9 Å². The van der Waals surface area contributed by atoms with Crippen molar-refractivity contribution in [2.75, 3.05) is 7.11 Å². The molecule has 1 N–H and O–H groups in total. The van der Waals surface area contributed by atoms with Gasteiger partial charge in [-0.25, -0.2) is 9.97 Å². The minimum Gasteiger partial charge on any atom is -0.512 e. The molecule has 0 aliphatic heterocycles. The van der Waals surface area contributed by atoms with E-state index in [-0.39, 0.29) is 31.6 Å². The molecule has 5 aromatic rings. The molecule has 0 bridgehead atoms. The smallest absolute Gasteiger partial charge is 0.155 e. The predicted molar refractivity (Wildman–Crippen MR) is 126 cm³/mol. The number of hydrogen-bond acceptors (Lipinski definition) is 5. The number of aliphatic hydroxyl groups excluding tert-OH is 1. The molecule has 0 aliphatic rings. The Morgan fingerprint density at radius 2 is 1.70 bits per heavy atom. The summed E-state index contributed by atoms with van der Waals surface area (Å²) < 4.78 is 7.56. The van der Waals surface area contributed by atoms with E-state index >= 15 is 0 Å². The van der Waals surface area contributed by atoms with Crippen LogP contribution in [0.15, 0.2) is 78.8 Å². The molecule has 169 valence electrons. The molecule has 0 amide bonds. The molecule has 0 aliphatic carbocycles. The van der Waals surface area contributed by atoms with Crippen LogP contribution in [0.5, 0.6) is 5.75 Å². The number of benzene rings is 2. The van der Waals surface area contributed by atoms with Crippen LogP contribution < -0.4 is 4.74 Å². The number of allylic oxidation sites excluding steroid dienone is 2. The summed E-state index contributed by atoms with van der Waals surface area (Å²) >= 11 is 0. The maximum Gasteiger partial charge on any atom is 0.155 e. The molecular formula is C26H22IrN3O3-. The number of ketones is 1. The Balaban J connectivity index is 0.000000337. The minimum absolute atomic E-state index is 0. The number of pyridine rings is 2. The van der Waals surface area contributed by atoms with Gasteiger partial charge in [-0.05, 0) is 25.3 Å². The van der Waals surface area contributed by atoms with Gasteiger partial charge in [0.1, 0.15) is 17.2 Å². The van der Waals surface area contributed by atoms with Crippen LogP contribution in [0.3, 0.4) is 0 Å². The topological polar surface area (TPSA) is 77.2 Å². The zero-order valence-electron chi connectivity index (χ0n) is 18.4. The van der Waals surface area contributed by atoms with E-state index in [9.17, 15) is 4.79 Å². The fourth-order valence-electron chi connectivity index (χ4n) is 3.71. The summed E-state index contributed by atoms with van der Waals surface area (Å²) in [5.41, 5.74) is 1.85. The first-order chi connectivity index (χ1) is 15.5. The normalized spacial score (nSPS) is 11.1. The summed E-state index contributed by atoms with van der Waals surface area (Å²) in [5.74, 6) is 1.53. The second kappa shape index (κ2) is 10.4. The number of aromatic nitrogens is 3. The van der Waals surface area contributed by atoms with Crippen molar-refractivity contribution < 1.29 is 34.7 Å². The standard InChI is InChI=1S/C21H14N3O.C5H8O2.Ir/c1-25-19-13-23-21(17-9-3-2-8-15(17)19)24-18-11-5-4-7-14(18)16-10-6-12-22-20(16)24;1-4(6)3-5(2)7;/h2-10,12-13H,1H3;3,6H,1-2H3;/q-1;;/b;4-3-;. The largest absolute Gasteiger partial charge is 0.512 e. The van der Waals surface area contributed by atoms with Gasteiger partial charge in [-0.2, -0.15) is 24.3 Å². The van der Waals surface area contributed by atoms with Gasteiger partial charge in [0, 0.05) is 43.2 Å². The molecule has 0 saturated carbocycles. The van der Waals surface area contributed by atoms with Crippen LogP contribution in [0.25, 0.3) is 38.5 Å². The number of fused-ring (bicyclic) bond motifs is 4. The van der Waals surface area contributed by atoms with Gasteiger partial charge < -0.3 is 14.4 Å². The van der Waals surface area contributed by atoms with Crippen molar-refractivity contribution in [3.63, 3.8) is 0 Å². The van der Waals surface area contributed by atoms with Gasteiger partial charge in [-0.3, -0.25) is 4.79 Å². The Morgan fingerprint density at radius 3 is 2.36 bits per heavy atom. The van der Waals surface area contributed by atoms with Crippen molar-refractivity contribution in [2.45, 2.75) is 13.8 Å². The van der Waals surface area contributed by atoms with Crippen LogP contribution in [0.1, 0.15) is 13.8 Å². The van der Waals surface area contributed by atoms with E-state index in [1.807, 2.05) is 42.6 Å². The number of ether oxygens (including phenoxy) is 1. The van der Waals surface area contributed by atoms with Crippen LogP contribution in [0.4, 0.5) is 0 Å². The summed E-state index contributed by atoms with van der Waals surface area (Å²) in [6.45, 7) is 2.85. The maximum absolute atomic E-state index is 10.0. The van der Waals surface area contributed by atoms with E-state index in [0.29, 0.717) is 0 Å². The van der Waals surface area contributed by atoms with Crippen LogP contribution in [-0.4, -0.2) is 32.5 Å². The second-order valence-corrected chi connectivity index (χ2v) is 7.23. The van der Waals surface area contributed by atoms with Crippen molar-refractivity contribution in [2.24, 2.45) is 0 Å². The van der Waals surface area contributed by atoms with Crippen molar-refractivity contribution in [1.29, 1.82) is 0 Å². The number of hydrogen-bond donors (Lipinski definition) is 1. The van der Waals surface area contributed by atoms with Crippen molar-refractivity contribution >= 4 is 38.5 Å². The summed E-state index contributed by atoms with van der Waals surface area (Å²) in [6.07, 6.45) is 4.74. The number of para-hydroxylation sites is 1. The summed E-state index contributed by atoms with van der Waals surface area (Å²) in [7, 11) is 1.67. The third kappa shape index (κ3) is 4.80. The van der Waals surface area contributed by atoms with E-state index in [4.69, 9.17) is 14.8 Å². The first kappa shape index (κ1) is 24.1. The SMILES string of the molecule is CC(=O)/C=C(/C)O.COc1cnc(-n2c3[c-]cccc3c3cccnc32)c2ccccc12.[Ir]. The number of aliphatic hydroxyl groups is 1. The number of rotatable bonds is 3. The van der Waals surface area contributed by atoms with Gasteiger partial charge in [-0.15, -0.1) is 5.39 Å². The second-order valence-electron chi connectivity index (χ2n) is 7.23. The summed E-state index contributed by atoms with van der Waals surface area (Å²) in [4.78, 5) is 19.3. The molecule has 5 rings (SSSR count). The molecule has 7 heteroatoms. The molecule has 0 saturated heterocycles. The van der Waals surface area contributed by atoms with Gasteiger partial charge in [0.15, 0.2) is 5.78 Å². The monoisotopic (exact) mass is 617 g/mol. The maximum atomic E-state index is 10.0. The molecule has 2 aromatic carbocycles. The molecule has 1 radical (unpaired) electrons. The molecule has 3 heterocycles. The van der Waals surface area contributed by atoms with Crippen molar-refractivity contribution in [1.82, 2.24) is 14.5 Å². The van der Waals surface area contributed by atoms with Crippen LogP contribution in [0.2, 0.25) is 0 Å². The third-order valence-corrected chi connectivity index (χ3v) is 4.93. The van der Waals surface area contributed by atoms with Crippen molar-refractivity contribution in [3.05, 3.63) is 84.9 Å². The quantitative estimate of drug-likeness (QED) is 0.163. The van der Waals surface area contributed by atoms with Crippen LogP contribution >= 0.6 is 0 Å². The van der Waals surface area contributed by atoms with Gasteiger partial charge in [-0.1, -0.05) is 35.8 Å². The van der Waals surface area contributed by atoms with Gasteiger partial charge in [0.25, 0.3) is 0 Å². The Morgan fingerprint density at radius 1 is 1.00 bits per heavy atom. The van der Waals surface area contributed by atoms with Crippen molar-refractivity contribution in [3.8, 4) is 11.6 Å². The van der Waals surface area contributed by atoms with Gasteiger partial charge in [0.2, 0.25) is 0 Å². The average Bonchev–Trinajstić information content (AvgIpc) is 3.12. The zero-order chi connectivity index (χ0) is 22.7. The Labute approximate surface area is 204 Å². The van der Waals surface area contributed by atoms with Gasteiger partial charge >= 0.3 is 0 Å². The molecule has 33 heavy (non-hydrogen) atoms. The molecule has 0 atom stereocenters. The van der Waals surface area contributed by atoms with E-state index in [0.717, 1.165) is 44.3 Å². The molecular weight excluding hydrogens is 595 g/mol. The molecule has 0 spiro atoms. The Bertz CT molecular complexity index is 1420. The fourth-order valence-corrected chi connectivity index (χ4v) is 3.71. The van der Waals surface area contributed by atoms with Gasteiger partial charge in [0.05, 0.1) is 19.1 Å². The molecule has 0 fully saturated rings. The Hall–Kier alpha value is -3.54. The molecule has 3 aromatic heterocycles. The summed E-state index contributed by atoms with van der Waals surface area (Å²) in [5, 5.41) is 12.6. The molecule has 6 nitrogen and oxygen atoms in total. The number of methoxy groups -OCH3 is 1. The van der Waals surface area contributed by atoms with E-state index < -0.39 is 0 Å². The zero-order valence-corrected chi connectivity index (χ0v) is 20.8. The first-order valence-electron chi connectivity index (χ1n) is 10.1.